The van der Waals surface area contributed by atoms with Crippen LogP contribution >= 0.6 is 11.6 Å². The molecule has 1 fully saturated rings. The van der Waals surface area contributed by atoms with Crippen LogP contribution in [0.1, 0.15) is 5.56 Å². The Bertz CT molecular complexity index is 685. The summed E-state index contributed by atoms with van der Waals surface area (Å²) in [6, 6.07) is 14.1. The van der Waals surface area contributed by atoms with Crippen molar-refractivity contribution < 1.29 is 9.47 Å². The second kappa shape index (κ2) is 7.77. The van der Waals surface area contributed by atoms with E-state index in [1.165, 1.54) is 5.56 Å². The van der Waals surface area contributed by atoms with Gasteiger partial charge in [-0.05, 0) is 18.2 Å². The molecule has 2 aromatic carbocycles. The summed E-state index contributed by atoms with van der Waals surface area (Å²) >= 11 is 6.31. The van der Waals surface area contributed by atoms with Crippen molar-refractivity contribution in [1.29, 1.82) is 0 Å². The molecule has 0 amide bonds. The molecule has 1 heterocycles. The molecule has 4 nitrogen and oxygen atoms in total. The molecule has 0 N–H and O–H groups in total. The van der Waals surface area contributed by atoms with E-state index in [0.29, 0.717) is 0 Å². The predicted molar refractivity (Wildman–Crippen MR) is 98.5 cm³/mol. The Balaban J connectivity index is 1.63. The van der Waals surface area contributed by atoms with Crippen LogP contribution in [0.4, 0.5) is 5.69 Å². The lowest BCUT2D eigenvalue weighted by atomic mass is 10.1. The van der Waals surface area contributed by atoms with Gasteiger partial charge in [-0.15, -0.1) is 0 Å². The largest absolute Gasteiger partial charge is 0.497 e. The fourth-order valence-electron chi connectivity index (χ4n) is 3.08. The van der Waals surface area contributed by atoms with E-state index in [2.05, 4.69) is 21.9 Å². The normalized spacial score (nSPS) is 15.4. The van der Waals surface area contributed by atoms with Crippen molar-refractivity contribution in [3.05, 3.63) is 53.1 Å². The van der Waals surface area contributed by atoms with Gasteiger partial charge in [0.2, 0.25) is 0 Å². The molecule has 3 rings (SSSR count). The molecule has 0 unspecified atom stereocenters. The number of rotatable bonds is 5. The lowest BCUT2D eigenvalue weighted by Crippen LogP contribution is -2.46. The summed E-state index contributed by atoms with van der Waals surface area (Å²) in [5.41, 5.74) is 2.31. The average Bonchev–Trinajstić information content (AvgIpc) is 2.63. The number of piperazine rings is 1. The lowest BCUT2D eigenvalue weighted by Gasteiger charge is -2.36. The summed E-state index contributed by atoms with van der Waals surface area (Å²) in [5, 5.41) is 0.822. The van der Waals surface area contributed by atoms with Crippen molar-refractivity contribution in [2.24, 2.45) is 0 Å². The van der Waals surface area contributed by atoms with Crippen LogP contribution in [-0.4, -0.2) is 45.3 Å². The van der Waals surface area contributed by atoms with Crippen LogP contribution in [0, 0.1) is 0 Å². The van der Waals surface area contributed by atoms with E-state index in [4.69, 9.17) is 21.1 Å². The first-order chi connectivity index (χ1) is 11.7. The molecule has 2 aromatic rings. The Morgan fingerprint density at radius 2 is 1.71 bits per heavy atom. The third-order valence-electron chi connectivity index (χ3n) is 4.45. The van der Waals surface area contributed by atoms with Gasteiger partial charge in [0.05, 0.1) is 24.9 Å². The highest BCUT2D eigenvalue weighted by molar-refractivity contribution is 6.33. The number of halogens is 1. The minimum atomic E-state index is 0.819. The van der Waals surface area contributed by atoms with Crippen molar-refractivity contribution in [1.82, 2.24) is 4.90 Å². The van der Waals surface area contributed by atoms with Gasteiger partial charge in [-0.2, -0.15) is 0 Å². The van der Waals surface area contributed by atoms with E-state index in [1.807, 2.05) is 30.3 Å². The Hall–Kier alpha value is -1.91. The fourth-order valence-corrected chi connectivity index (χ4v) is 3.33. The van der Waals surface area contributed by atoms with Gasteiger partial charge in [-0.1, -0.05) is 29.8 Å². The number of methoxy groups -OCH3 is 2. The number of hydrogen-bond acceptors (Lipinski definition) is 4. The van der Waals surface area contributed by atoms with Crippen molar-refractivity contribution in [3.63, 3.8) is 0 Å². The third-order valence-corrected chi connectivity index (χ3v) is 4.77. The van der Waals surface area contributed by atoms with E-state index in [0.717, 1.165) is 54.9 Å². The van der Waals surface area contributed by atoms with E-state index in [-0.39, 0.29) is 0 Å². The van der Waals surface area contributed by atoms with Crippen LogP contribution in [0.2, 0.25) is 5.02 Å². The first kappa shape index (κ1) is 16.9. The van der Waals surface area contributed by atoms with Gasteiger partial charge in [0, 0.05) is 44.4 Å². The summed E-state index contributed by atoms with van der Waals surface area (Å²) in [6.07, 6.45) is 0. The Kier molecular flexibility index (Phi) is 5.48. The van der Waals surface area contributed by atoms with Crippen molar-refractivity contribution in [3.8, 4) is 11.5 Å². The highest BCUT2D eigenvalue weighted by atomic mass is 35.5. The van der Waals surface area contributed by atoms with Crippen LogP contribution in [-0.2, 0) is 6.54 Å². The quantitative estimate of drug-likeness (QED) is 0.824. The van der Waals surface area contributed by atoms with Crippen LogP contribution < -0.4 is 14.4 Å². The molecule has 0 aliphatic carbocycles. The molecule has 24 heavy (non-hydrogen) atoms. The summed E-state index contributed by atoms with van der Waals surface area (Å²) in [7, 11) is 3.37. The number of hydrogen-bond donors (Lipinski definition) is 0. The fraction of sp³-hybridized carbons (Fsp3) is 0.368. The summed E-state index contributed by atoms with van der Waals surface area (Å²) in [4.78, 5) is 4.79. The lowest BCUT2D eigenvalue weighted by molar-refractivity contribution is 0.246. The van der Waals surface area contributed by atoms with E-state index >= 15 is 0 Å². The second-order valence-corrected chi connectivity index (χ2v) is 6.30. The molecule has 1 saturated heterocycles. The Morgan fingerprint density at radius 3 is 2.38 bits per heavy atom. The van der Waals surface area contributed by atoms with Crippen LogP contribution in [0.25, 0.3) is 0 Å². The molecule has 0 bridgehead atoms. The molecule has 0 saturated carbocycles. The number of benzene rings is 2. The molecule has 0 atom stereocenters. The van der Waals surface area contributed by atoms with Crippen molar-refractivity contribution >= 4 is 17.3 Å². The summed E-state index contributed by atoms with van der Waals surface area (Å²) < 4.78 is 10.8. The second-order valence-electron chi connectivity index (χ2n) is 5.89. The van der Waals surface area contributed by atoms with Gasteiger partial charge in [0.1, 0.15) is 11.5 Å². The SMILES string of the molecule is COc1ccc(CN2CCN(c3ccccc3Cl)CC2)c(OC)c1. The summed E-state index contributed by atoms with van der Waals surface area (Å²) in [5.74, 6) is 1.70. The molecule has 0 spiro atoms. The molecule has 128 valence electrons. The van der Waals surface area contributed by atoms with Gasteiger partial charge < -0.3 is 14.4 Å². The van der Waals surface area contributed by atoms with Crippen LogP contribution in [0.5, 0.6) is 11.5 Å². The molecule has 0 aromatic heterocycles. The molecule has 1 aliphatic rings. The zero-order chi connectivity index (χ0) is 16.9. The van der Waals surface area contributed by atoms with Gasteiger partial charge in [-0.25, -0.2) is 0 Å². The van der Waals surface area contributed by atoms with Gasteiger partial charge in [0.25, 0.3) is 0 Å². The third kappa shape index (κ3) is 3.77. The molecular formula is C19H23ClN2O2. The number of anilines is 1. The van der Waals surface area contributed by atoms with E-state index in [1.54, 1.807) is 14.2 Å². The molecule has 0 radical (unpaired) electrons. The summed E-state index contributed by atoms with van der Waals surface area (Å²) in [6.45, 7) is 4.83. The van der Waals surface area contributed by atoms with Gasteiger partial charge >= 0.3 is 0 Å². The van der Waals surface area contributed by atoms with Gasteiger partial charge in [-0.3, -0.25) is 4.90 Å². The Morgan fingerprint density at radius 1 is 0.958 bits per heavy atom. The molecular weight excluding hydrogens is 324 g/mol. The zero-order valence-corrected chi connectivity index (χ0v) is 14.9. The number of ether oxygens (including phenoxy) is 2. The zero-order valence-electron chi connectivity index (χ0n) is 14.2. The molecule has 1 aliphatic heterocycles. The smallest absolute Gasteiger partial charge is 0.127 e. The van der Waals surface area contributed by atoms with Crippen LogP contribution in [0.15, 0.2) is 42.5 Å². The first-order valence-electron chi connectivity index (χ1n) is 8.14. The minimum absolute atomic E-state index is 0.819. The predicted octanol–water partition coefficient (Wildman–Crippen LogP) is 3.68. The average molecular weight is 347 g/mol. The highest BCUT2D eigenvalue weighted by Gasteiger charge is 2.19. The monoisotopic (exact) mass is 346 g/mol. The number of para-hydroxylation sites is 1. The van der Waals surface area contributed by atoms with E-state index < -0.39 is 0 Å². The van der Waals surface area contributed by atoms with Crippen LogP contribution in [0.3, 0.4) is 0 Å². The maximum atomic E-state index is 6.31. The van der Waals surface area contributed by atoms with Gasteiger partial charge in [0.15, 0.2) is 0 Å². The van der Waals surface area contributed by atoms with Crippen molar-refractivity contribution in [2.45, 2.75) is 6.54 Å². The minimum Gasteiger partial charge on any atom is -0.497 e. The maximum absolute atomic E-state index is 6.31. The topological polar surface area (TPSA) is 24.9 Å². The Labute approximate surface area is 148 Å². The number of nitrogens with zero attached hydrogens (tertiary/aromatic N) is 2. The maximum Gasteiger partial charge on any atom is 0.127 e. The standard InChI is InChI=1S/C19H23ClN2O2/c1-23-16-8-7-15(19(13-16)24-2)14-21-9-11-22(12-10-21)18-6-4-3-5-17(18)20/h3-8,13H,9-12,14H2,1-2H3. The van der Waals surface area contributed by atoms with E-state index in [9.17, 15) is 0 Å². The molecule has 5 heteroatoms. The first-order valence-corrected chi connectivity index (χ1v) is 8.52. The van der Waals surface area contributed by atoms with Crippen molar-refractivity contribution in [2.75, 3.05) is 45.3 Å². The highest BCUT2D eigenvalue weighted by Crippen LogP contribution is 2.28.